The van der Waals surface area contributed by atoms with Gasteiger partial charge in [-0.05, 0) is 30.5 Å². The Morgan fingerprint density at radius 3 is 2.47 bits per heavy atom. The standard InChI is InChI=1S/C14H16F3NO/c15-14(16,17)12-4-2-1-3-11(12)13(19)9-10-5-7-18-8-6-10/h5-8,11-12H,1-4,9H2. The van der Waals surface area contributed by atoms with Gasteiger partial charge >= 0.3 is 6.18 Å². The molecule has 0 amide bonds. The molecular weight excluding hydrogens is 255 g/mol. The molecule has 1 aromatic rings. The number of ketones is 1. The number of nitrogens with zero attached hydrogens (tertiary/aromatic N) is 1. The minimum Gasteiger partial charge on any atom is -0.299 e. The highest BCUT2D eigenvalue weighted by atomic mass is 19.4. The molecule has 0 bridgehead atoms. The van der Waals surface area contributed by atoms with E-state index in [1.165, 1.54) is 0 Å². The second-order valence-corrected chi connectivity index (χ2v) is 5.04. The highest BCUT2D eigenvalue weighted by Crippen LogP contribution is 2.42. The molecule has 2 rings (SSSR count). The van der Waals surface area contributed by atoms with E-state index in [2.05, 4.69) is 4.98 Å². The van der Waals surface area contributed by atoms with Crippen LogP contribution in [-0.4, -0.2) is 16.9 Å². The summed E-state index contributed by atoms with van der Waals surface area (Å²) in [7, 11) is 0. The zero-order valence-corrected chi connectivity index (χ0v) is 10.5. The third-order valence-corrected chi connectivity index (χ3v) is 3.73. The molecule has 0 radical (unpaired) electrons. The molecular formula is C14H16F3NO. The molecule has 1 aliphatic carbocycles. The third-order valence-electron chi connectivity index (χ3n) is 3.73. The van der Waals surface area contributed by atoms with Gasteiger partial charge in [0.05, 0.1) is 5.92 Å². The molecule has 19 heavy (non-hydrogen) atoms. The molecule has 1 saturated carbocycles. The highest BCUT2D eigenvalue weighted by molar-refractivity contribution is 5.83. The van der Waals surface area contributed by atoms with Gasteiger partial charge in [-0.2, -0.15) is 13.2 Å². The van der Waals surface area contributed by atoms with Gasteiger partial charge in [0.25, 0.3) is 0 Å². The summed E-state index contributed by atoms with van der Waals surface area (Å²) in [5, 5.41) is 0. The molecule has 1 aromatic heterocycles. The lowest BCUT2D eigenvalue weighted by molar-refractivity contribution is -0.197. The maximum absolute atomic E-state index is 12.9. The van der Waals surface area contributed by atoms with E-state index in [-0.39, 0.29) is 18.6 Å². The summed E-state index contributed by atoms with van der Waals surface area (Å²) in [6.07, 6.45) is 0.598. The lowest BCUT2D eigenvalue weighted by Crippen LogP contribution is -2.37. The summed E-state index contributed by atoms with van der Waals surface area (Å²) >= 11 is 0. The van der Waals surface area contributed by atoms with Crippen LogP contribution in [-0.2, 0) is 11.2 Å². The fraction of sp³-hybridized carbons (Fsp3) is 0.571. The van der Waals surface area contributed by atoms with Crippen LogP contribution in [0.2, 0.25) is 0 Å². The number of carbonyl (C=O) groups is 1. The largest absolute Gasteiger partial charge is 0.392 e. The molecule has 104 valence electrons. The maximum Gasteiger partial charge on any atom is 0.392 e. The Labute approximate surface area is 110 Å². The second-order valence-electron chi connectivity index (χ2n) is 5.04. The van der Waals surface area contributed by atoms with Crippen LogP contribution in [0.3, 0.4) is 0 Å². The average Bonchev–Trinajstić information content (AvgIpc) is 2.39. The van der Waals surface area contributed by atoms with Crippen LogP contribution in [0.25, 0.3) is 0 Å². The molecule has 2 atom stereocenters. The molecule has 2 nitrogen and oxygen atoms in total. The molecule has 0 aliphatic heterocycles. The van der Waals surface area contributed by atoms with Crippen molar-refractivity contribution >= 4 is 5.78 Å². The summed E-state index contributed by atoms with van der Waals surface area (Å²) < 4.78 is 38.8. The topological polar surface area (TPSA) is 30.0 Å². The van der Waals surface area contributed by atoms with Gasteiger partial charge in [-0.15, -0.1) is 0 Å². The van der Waals surface area contributed by atoms with E-state index < -0.39 is 18.0 Å². The summed E-state index contributed by atoms with van der Waals surface area (Å²) in [4.78, 5) is 15.9. The van der Waals surface area contributed by atoms with Crippen molar-refractivity contribution in [1.82, 2.24) is 4.98 Å². The summed E-state index contributed by atoms with van der Waals surface area (Å²) in [5.74, 6) is -2.63. The van der Waals surface area contributed by atoms with Crippen LogP contribution in [0.4, 0.5) is 13.2 Å². The summed E-state index contributed by atoms with van der Waals surface area (Å²) in [6, 6.07) is 3.34. The van der Waals surface area contributed by atoms with Crippen LogP contribution < -0.4 is 0 Å². The van der Waals surface area contributed by atoms with Crippen molar-refractivity contribution in [3.05, 3.63) is 30.1 Å². The number of hydrogen-bond acceptors (Lipinski definition) is 2. The van der Waals surface area contributed by atoms with Crippen molar-refractivity contribution in [1.29, 1.82) is 0 Å². The number of Topliss-reactive ketones (excluding diaryl/α,β-unsaturated/α-hetero) is 1. The molecule has 0 N–H and O–H groups in total. The van der Waals surface area contributed by atoms with E-state index in [9.17, 15) is 18.0 Å². The average molecular weight is 271 g/mol. The Morgan fingerprint density at radius 2 is 1.84 bits per heavy atom. The molecule has 0 spiro atoms. The van der Waals surface area contributed by atoms with Crippen molar-refractivity contribution in [2.75, 3.05) is 0 Å². The Hall–Kier alpha value is -1.39. The number of aromatic nitrogens is 1. The van der Waals surface area contributed by atoms with E-state index in [0.29, 0.717) is 19.3 Å². The fourth-order valence-electron chi connectivity index (χ4n) is 2.74. The van der Waals surface area contributed by atoms with Crippen LogP contribution in [0.1, 0.15) is 31.2 Å². The first-order valence-corrected chi connectivity index (χ1v) is 6.47. The van der Waals surface area contributed by atoms with Crippen molar-refractivity contribution < 1.29 is 18.0 Å². The molecule has 0 aromatic carbocycles. The molecule has 2 unspecified atom stereocenters. The van der Waals surface area contributed by atoms with Crippen LogP contribution in [0.15, 0.2) is 24.5 Å². The quantitative estimate of drug-likeness (QED) is 0.841. The lowest BCUT2D eigenvalue weighted by atomic mass is 9.75. The Balaban J connectivity index is 2.08. The predicted molar refractivity (Wildman–Crippen MR) is 64.5 cm³/mol. The van der Waals surface area contributed by atoms with Gasteiger partial charge in [-0.25, -0.2) is 0 Å². The highest BCUT2D eigenvalue weighted by Gasteiger charge is 2.47. The minimum atomic E-state index is -4.26. The number of alkyl halides is 3. The molecule has 5 heteroatoms. The van der Waals surface area contributed by atoms with Crippen molar-refractivity contribution in [2.24, 2.45) is 11.8 Å². The lowest BCUT2D eigenvalue weighted by Gasteiger charge is -2.32. The van der Waals surface area contributed by atoms with Crippen molar-refractivity contribution in [3.63, 3.8) is 0 Å². The molecule has 1 fully saturated rings. The van der Waals surface area contributed by atoms with Gasteiger partial charge in [-0.1, -0.05) is 12.8 Å². The molecule has 1 aliphatic rings. The predicted octanol–water partition coefficient (Wildman–Crippen LogP) is 3.56. The zero-order chi connectivity index (χ0) is 13.9. The number of carbonyl (C=O) groups excluding carboxylic acids is 1. The number of halogens is 3. The Morgan fingerprint density at radius 1 is 1.21 bits per heavy atom. The van der Waals surface area contributed by atoms with Crippen molar-refractivity contribution in [2.45, 2.75) is 38.3 Å². The Bertz CT molecular complexity index is 430. The number of pyridine rings is 1. The van der Waals surface area contributed by atoms with Gasteiger partial charge in [0.2, 0.25) is 0 Å². The van der Waals surface area contributed by atoms with Gasteiger partial charge in [0, 0.05) is 24.7 Å². The summed E-state index contributed by atoms with van der Waals surface area (Å²) in [5.41, 5.74) is 0.728. The van der Waals surface area contributed by atoms with Gasteiger partial charge in [0.1, 0.15) is 5.78 Å². The zero-order valence-electron chi connectivity index (χ0n) is 10.5. The normalized spacial score (nSPS) is 24.2. The SMILES string of the molecule is O=C(Cc1ccncc1)C1CCCCC1C(F)(F)F. The smallest absolute Gasteiger partial charge is 0.299 e. The van der Waals surface area contributed by atoms with E-state index in [1.54, 1.807) is 24.5 Å². The fourth-order valence-corrected chi connectivity index (χ4v) is 2.74. The first-order valence-electron chi connectivity index (χ1n) is 6.47. The minimum absolute atomic E-state index is 0.0692. The van der Waals surface area contributed by atoms with Crippen LogP contribution >= 0.6 is 0 Å². The van der Waals surface area contributed by atoms with E-state index in [1.807, 2.05) is 0 Å². The van der Waals surface area contributed by atoms with E-state index >= 15 is 0 Å². The molecule has 1 heterocycles. The Kier molecular flexibility index (Phi) is 4.22. The second kappa shape index (κ2) is 5.72. The molecule has 0 saturated heterocycles. The van der Waals surface area contributed by atoms with Gasteiger partial charge in [0.15, 0.2) is 0 Å². The van der Waals surface area contributed by atoms with E-state index in [4.69, 9.17) is 0 Å². The van der Waals surface area contributed by atoms with Crippen LogP contribution in [0, 0.1) is 11.8 Å². The first-order chi connectivity index (χ1) is 8.98. The van der Waals surface area contributed by atoms with Gasteiger partial charge in [-0.3, -0.25) is 9.78 Å². The third kappa shape index (κ3) is 3.55. The van der Waals surface area contributed by atoms with E-state index in [0.717, 1.165) is 5.56 Å². The van der Waals surface area contributed by atoms with Crippen molar-refractivity contribution in [3.8, 4) is 0 Å². The number of hydrogen-bond donors (Lipinski definition) is 0. The summed E-state index contributed by atoms with van der Waals surface area (Å²) in [6.45, 7) is 0. The maximum atomic E-state index is 12.9. The van der Waals surface area contributed by atoms with Gasteiger partial charge < -0.3 is 0 Å². The monoisotopic (exact) mass is 271 g/mol. The van der Waals surface area contributed by atoms with Crippen LogP contribution in [0.5, 0.6) is 0 Å². The first kappa shape index (κ1) is 14.0. The number of rotatable bonds is 3.